The lowest BCUT2D eigenvalue weighted by molar-refractivity contribution is -0.122. The maximum atomic E-state index is 13.0. The number of hydrogen-bond acceptors (Lipinski definition) is 5. The summed E-state index contributed by atoms with van der Waals surface area (Å²) in [5.41, 5.74) is 1.61. The molecule has 7 heteroatoms. The number of fused-ring (bicyclic) bond motifs is 1. The first-order valence-corrected chi connectivity index (χ1v) is 11.1. The summed E-state index contributed by atoms with van der Waals surface area (Å²) in [6.07, 6.45) is 5.37. The Labute approximate surface area is 174 Å². The molecule has 2 heterocycles. The van der Waals surface area contributed by atoms with Gasteiger partial charge in [-0.15, -0.1) is 11.3 Å². The average Bonchev–Trinajstić information content (AvgIpc) is 3.08. The third kappa shape index (κ3) is 4.29. The molecule has 4 rings (SSSR count). The lowest BCUT2D eigenvalue weighted by atomic mass is 9.87. The van der Waals surface area contributed by atoms with Crippen LogP contribution in [0.3, 0.4) is 0 Å². The zero-order valence-electron chi connectivity index (χ0n) is 16.7. The van der Waals surface area contributed by atoms with Gasteiger partial charge < -0.3 is 15.1 Å². The topological polar surface area (TPSA) is 88.4 Å². The Morgan fingerprint density at radius 2 is 2.07 bits per heavy atom. The average molecular weight is 415 g/mol. The van der Waals surface area contributed by atoms with Crippen molar-refractivity contribution in [2.45, 2.75) is 46.0 Å². The van der Waals surface area contributed by atoms with Crippen molar-refractivity contribution in [3.63, 3.8) is 0 Å². The van der Waals surface area contributed by atoms with Crippen LogP contribution in [0.2, 0.25) is 0 Å². The molecule has 0 spiro atoms. The van der Waals surface area contributed by atoms with E-state index in [1.165, 1.54) is 22.5 Å². The zero-order chi connectivity index (χ0) is 20.5. The molecule has 1 saturated carbocycles. The van der Waals surface area contributed by atoms with Gasteiger partial charge in [0.05, 0.1) is 11.8 Å². The van der Waals surface area contributed by atoms with Crippen LogP contribution in [-0.2, 0) is 22.4 Å². The predicted molar refractivity (Wildman–Crippen MR) is 111 cm³/mol. The minimum absolute atomic E-state index is 0.0274. The second-order valence-corrected chi connectivity index (χ2v) is 9.38. The number of nitrogens with one attached hydrogen (secondary N) is 2. The quantitative estimate of drug-likeness (QED) is 0.675. The maximum Gasteiger partial charge on any atom is 0.231 e. The first-order chi connectivity index (χ1) is 13.9. The second kappa shape index (κ2) is 8.14. The number of carbonyl (C=O) groups is 3. The Morgan fingerprint density at radius 3 is 2.76 bits per heavy atom. The summed E-state index contributed by atoms with van der Waals surface area (Å²) >= 11 is 1.49. The first-order valence-electron chi connectivity index (χ1n) is 10.2. The first kappa shape index (κ1) is 19.9. The highest BCUT2D eigenvalue weighted by Crippen LogP contribution is 2.41. The smallest absolute Gasteiger partial charge is 0.231 e. The Kier molecular flexibility index (Phi) is 5.58. The molecular weight excluding hydrogens is 388 g/mol. The van der Waals surface area contributed by atoms with E-state index in [4.69, 9.17) is 4.42 Å². The van der Waals surface area contributed by atoms with Crippen molar-refractivity contribution >= 4 is 33.9 Å². The number of carbonyl (C=O) groups excluding carboxylic acids is 3. The number of ketones is 1. The van der Waals surface area contributed by atoms with E-state index in [-0.39, 0.29) is 35.7 Å². The van der Waals surface area contributed by atoms with Crippen LogP contribution in [0, 0.1) is 17.8 Å². The van der Waals surface area contributed by atoms with Crippen molar-refractivity contribution in [2.24, 2.45) is 17.8 Å². The van der Waals surface area contributed by atoms with E-state index in [1.54, 1.807) is 12.1 Å². The van der Waals surface area contributed by atoms with Gasteiger partial charge in [0.1, 0.15) is 5.00 Å². The van der Waals surface area contributed by atoms with Gasteiger partial charge in [-0.1, -0.05) is 13.8 Å². The van der Waals surface area contributed by atoms with Crippen LogP contribution < -0.4 is 10.6 Å². The van der Waals surface area contributed by atoms with Crippen LogP contribution in [0.5, 0.6) is 0 Å². The molecule has 6 nitrogen and oxygen atoms in total. The van der Waals surface area contributed by atoms with E-state index in [9.17, 15) is 14.4 Å². The van der Waals surface area contributed by atoms with Crippen LogP contribution in [0.4, 0.5) is 5.00 Å². The Bertz CT molecular complexity index is 931. The van der Waals surface area contributed by atoms with E-state index >= 15 is 0 Å². The lowest BCUT2D eigenvalue weighted by Gasteiger charge is -2.18. The molecule has 2 aromatic heterocycles. The molecule has 3 atom stereocenters. The summed E-state index contributed by atoms with van der Waals surface area (Å²) in [6.45, 7) is 4.56. The normalized spacial score (nSPS) is 22.6. The maximum absolute atomic E-state index is 13.0. The zero-order valence-corrected chi connectivity index (χ0v) is 17.6. The Balaban J connectivity index is 1.46. The van der Waals surface area contributed by atoms with Crippen LogP contribution in [0.25, 0.3) is 0 Å². The highest BCUT2D eigenvalue weighted by atomic mass is 32.1. The SMILES string of the molecule is CC1CCc2c(sc(NC(=O)CCNC(=O)C3CC3C)c2C(=O)c2ccco2)C1. The van der Waals surface area contributed by atoms with Gasteiger partial charge in [0.25, 0.3) is 0 Å². The summed E-state index contributed by atoms with van der Waals surface area (Å²) in [7, 11) is 0. The van der Waals surface area contributed by atoms with Crippen LogP contribution >= 0.6 is 11.3 Å². The summed E-state index contributed by atoms with van der Waals surface area (Å²) in [5.74, 6) is 1.03. The predicted octanol–water partition coefficient (Wildman–Crippen LogP) is 3.80. The van der Waals surface area contributed by atoms with Gasteiger partial charge in [-0.25, -0.2) is 0 Å². The van der Waals surface area contributed by atoms with Crippen molar-refractivity contribution in [1.29, 1.82) is 0 Å². The molecule has 154 valence electrons. The highest BCUT2D eigenvalue weighted by Gasteiger charge is 2.38. The van der Waals surface area contributed by atoms with Gasteiger partial charge in [0.15, 0.2) is 5.76 Å². The number of amides is 2. The van der Waals surface area contributed by atoms with Gasteiger partial charge in [0, 0.05) is 23.8 Å². The van der Waals surface area contributed by atoms with Crippen LogP contribution in [0.15, 0.2) is 22.8 Å². The molecule has 0 aliphatic heterocycles. The molecule has 0 aromatic carbocycles. The van der Waals surface area contributed by atoms with E-state index in [0.717, 1.165) is 31.2 Å². The minimum Gasteiger partial charge on any atom is -0.461 e. The molecule has 2 aliphatic carbocycles. The molecule has 1 fully saturated rings. The molecule has 0 radical (unpaired) electrons. The van der Waals surface area contributed by atoms with Crippen molar-refractivity contribution in [1.82, 2.24) is 5.32 Å². The molecule has 2 N–H and O–H groups in total. The second-order valence-electron chi connectivity index (χ2n) is 8.27. The number of hydrogen-bond donors (Lipinski definition) is 2. The van der Waals surface area contributed by atoms with Gasteiger partial charge in [-0.05, 0) is 55.2 Å². The Morgan fingerprint density at radius 1 is 1.28 bits per heavy atom. The molecule has 29 heavy (non-hydrogen) atoms. The monoisotopic (exact) mass is 414 g/mol. The highest BCUT2D eigenvalue weighted by molar-refractivity contribution is 7.17. The van der Waals surface area contributed by atoms with Crippen LogP contribution in [-0.4, -0.2) is 24.1 Å². The molecule has 2 aliphatic rings. The fourth-order valence-electron chi connectivity index (χ4n) is 3.92. The van der Waals surface area contributed by atoms with E-state index < -0.39 is 0 Å². The van der Waals surface area contributed by atoms with Crippen molar-refractivity contribution in [2.75, 3.05) is 11.9 Å². The van der Waals surface area contributed by atoms with Crippen molar-refractivity contribution in [3.05, 3.63) is 40.2 Å². The summed E-state index contributed by atoms with van der Waals surface area (Å²) < 4.78 is 5.31. The van der Waals surface area contributed by atoms with E-state index in [0.29, 0.717) is 28.9 Å². The van der Waals surface area contributed by atoms with E-state index in [1.807, 2.05) is 6.92 Å². The minimum atomic E-state index is -0.200. The summed E-state index contributed by atoms with van der Waals surface area (Å²) in [4.78, 5) is 38.6. The van der Waals surface area contributed by atoms with Crippen molar-refractivity contribution in [3.8, 4) is 0 Å². The molecule has 2 aromatic rings. The molecule has 3 unspecified atom stereocenters. The Hall–Kier alpha value is -2.41. The summed E-state index contributed by atoms with van der Waals surface area (Å²) in [6, 6.07) is 3.34. The summed E-state index contributed by atoms with van der Waals surface area (Å²) in [5, 5.41) is 6.34. The van der Waals surface area contributed by atoms with Gasteiger partial charge in [-0.2, -0.15) is 0 Å². The standard InChI is InChI=1S/C22H26N2O4S/c1-12-5-6-14-17(10-12)29-22(19(14)20(26)16-4-3-9-28-16)24-18(25)7-8-23-21(27)15-11-13(15)2/h3-4,9,12-13,15H,5-8,10-11H2,1-2H3,(H,23,27)(H,24,25). The molecular formula is C22H26N2O4S. The van der Waals surface area contributed by atoms with Gasteiger partial charge >= 0.3 is 0 Å². The van der Waals surface area contributed by atoms with E-state index in [2.05, 4.69) is 17.6 Å². The third-order valence-electron chi connectivity index (χ3n) is 5.83. The van der Waals surface area contributed by atoms with Gasteiger partial charge in [-0.3, -0.25) is 14.4 Å². The number of furan rings is 1. The number of anilines is 1. The van der Waals surface area contributed by atoms with Crippen molar-refractivity contribution < 1.29 is 18.8 Å². The number of thiophene rings is 1. The fraction of sp³-hybridized carbons (Fsp3) is 0.500. The van der Waals surface area contributed by atoms with Gasteiger partial charge in [0.2, 0.25) is 17.6 Å². The third-order valence-corrected chi connectivity index (χ3v) is 7.00. The van der Waals surface area contributed by atoms with Crippen LogP contribution in [0.1, 0.15) is 59.7 Å². The largest absolute Gasteiger partial charge is 0.461 e. The molecule has 0 bridgehead atoms. The number of rotatable bonds is 7. The molecule has 2 amide bonds. The lowest BCUT2D eigenvalue weighted by Crippen LogP contribution is -2.29. The molecule has 0 saturated heterocycles. The fourth-order valence-corrected chi connectivity index (χ4v) is 5.34.